The van der Waals surface area contributed by atoms with Gasteiger partial charge in [0.1, 0.15) is 0 Å². The Balaban J connectivity index is 2.03. The summed E-state index contributed by atoms with van der Waals surface area (Å²) in [5.74, 6) is 1.24. The van der Waals surface area contributed by atoms with E-state index in [9.17, 15) is 9.90 Å². The average molecular weight is 254 g/mol. The molecule has 0 aliphatic heterocycles. The summed E-state index contributed by atoms with van der Waals surface area (Å²) in [6.45, 7) is 6.51. The number of esters is 1. The zero-order chi connectivity index (χ0) is 13.3. The van der Waals surface area contributed by atoms with E-state index < -0.39 is 0 Å². The average Bonchev–Trinajstić information content (AvgIpc) is 2.64. The molecule has 0 amide bonds. The lowest BCUT2D eigenvalue weighted by molar-refractivity contribution is -0.143. The van der Waals surface area contributed by atoms with Crippen LogP contribution in [-0.4, -0.2) is 23.8 Å². The van der Waals surface area contributed by atoms with Crippen molar-refractivity contribution in [1.82, 2.24) is 0 Å². The van der Waals surface area contributed by atoms with Crippen molar-refractivity contribution < 1.29 is 14.6 Å². The van der Waals surface area contributed by atoms with Crippen LogP contribution in [0.5, 0.6) is 0 Å². The normalized spacial score (nSPS) is 41.2. The van der Waals surface area contributed by atoms with E-state index in [4.69, 9.17) is 4.74 Å². The van der Waals surface area contributed by atoms with Crippen molar-refractivity contribution in [2.24, 2.45) is 23.2 Å². The lowest BCUT2D eigenvalue weighted by Gasteiger charge is -2.45. The Morgan fingerprint density at radius 1 is 1.44 bits per heavy atom. The number of ether oxygens (including phenoxy) is 1. The molecule has 3 heteroatoms. The minimum atomic E-state index is -0.190. The predicted molar refractivity (Wildman–Crippen MR) is 70.0 cm³/mol. The number of hydrogen-bond donors (Lipinski definition) is 1. The summed E-state index contributed by atoms with van der Waals surface area (Å²) in [5.41, 5.74) is 0.247. The van der Waals surface area contributed by atoms with Crippen LogP contribution in [0.4, 0.5) is 0 Å². The highest BCUT2D eigenvalue weighted by molar-refractivity contribution is 5.65. The van der Waals surface area contributed by atoms with Crippen molar-refractivity contribution in [3.05, 3.63) is 0 Å². The molecular weight excluding hydrogens is 228 g/mol. The van der Waals surface area contributed by atoms with E-state index >= 15 is 0 Å². The molecule has 2 rings (SSSR count). The molecule has 1 N–H and O–H groups in total. The van der Waals surface area contributed by atoms with Crippen molar-refractivity contribution in [2.45, 2.75) is 59.0 Å². The van der Waals surface area contributed by atoms with Crippen LogP contribution in [0.2, 0.25) is 0 Å². The molecule has 104 valence electrons. The van der Waals surface area contributed by atoms with Gasteiger partial charge in [-0.3, -0.25) is 4.79 Å². The maximum Gasteiger partial charge on any atom is 0.302 e. The summed E-state index contributed by atoms with van der Waals surface area (Å²) >= 11 is 0. The van der Waals surface area contributed by atoms with Crippen molar-refractivity contribution in [1.29, 1.82) is 0 Å². The molecule has 0 aromatic heterocycles. The second-order valence-electron chi connectivity index (χ2n) is 6.54. The molecule has 2 fully saturated rings. The fraction of sp³-hybridized carbons (Fsp3) is 0.933. The lowest BCUT2D eigenvalue weighted by atomic mass is 9.62. The minimum Gasteiger partial charge on any atom is -0.466 e. The summed E-state index contributed by atoms with van der Waals surface area (Å²) < 4.78 is 5.17. The first-order chi connectivity index (χ1) is 8.45. The molecular formula is C15H26O3. The van der Waals surface area contributed by atoms with Crippen LogP contribution >= 0.6 is 0 Å². The van der Waals surface area contributed by atoms with Crippen LogP contribution in [-0.2, 0) is 9.53 Å². The number of hydrogen-bond acceptors (Lipinski definition) is 3. The second kappa shape index (κ2) is 5.20. The van der Waals surface area contributed by atoms with Gasteiger partial charge in [-0.1, -0.05) is 20.3 Å². The van der Waals surface area contributed by atoms with Crippen LogP contribution in [0, 0.1) is 23.2 Å². The first-order valence-electron chi connectivity index (χ1n) is 7.26. The number of fused-ring (bicyclic) bond motifs is 1. The summed E-state index contributed by atoms with van der Waals surface area (Å²) in [6, 6.07) is 0. The Labute approximate surface area is 110 Å². The molecule has 0 bridgehead atoms. The number of rotatable bonds is 3. The summed E-state index contributed by atoms with van der Waals surface area (Å²) in [4.78, 5) is 10.9. The van der Waals surface area contributed by atoms with Crippen LogP contribution in [0.15, 0.2) is 0 Å². The van der Waals surface area contributed by atoms with Crippen molar-refractivity contribution >= 4 is 5.97 Å². The van der Waals surface area contributed by atoms with Crippen molar-refractivity contribution in [3.8, 4) is 0 Å². The van der Waals surface area contributed by atoms with Gasteiger partial charge in [0.05, 0.1) is 12.7 Å². The monoisotopic (exact) mass is 254 g/mol. The Morgan fingerprint density at radius 2 is 2.17 bits per heavy atom. The fourth-order valence-electron chi connectivity index (χ4n) is 4.49. The molecule has 0 spiro atoms. The molecule has 3 nitrogen and oxygen atoms in total. The summed E-state index contributed by atoms with van der Waals surface area (Å²) in [6.07, 6.45) is 5.49. The Morgan fingerprint density at radius 3 is 2.83 bits per heavy atom. The lowest BCUT2D eigenvalue weighted by Crippen LogP contribution is -2.42. The van der Waals surface area contributed by atoms with Gasteiger partial charge in [0, 0.05) is 6.92 Å². The highest BCUT2D eigenvalue weighted by Crippen LogP contribution is 2.57. The van der Waals surface area contributed by atoms with E-state index in [1.54, 1.807) is 0 Å². The van der Waals surface area contributed by atoms with E-state index in [1.807, 2.05) is 0 Å². The first kappa shape index (κ1) is 13.9. The van der Waals surface area contributed by atoms with Crippen LogP contribution in [0.1, 0.15) is 52.9 Å². The van der Waals surface area contributed by atoms with Gasteiger partial charge >= 0.3 is 5.97 Å². The molecule has 2 unspecified atom stereocenters. The molecule has 0 aromatic carbocycles. The molecule has 0 aromatic rings. The molecule has 0 heterocycles. The van der Waals surface area contributed by atoms with E-state index in [-0.39, 0.29) is 17.5 Å². The van der Waals surface area contributed by atoms with E-state index in [0.717, 1.165) is 19.3 Å². The minimum absolute atomic E-state index is 0.116. The van der Waals surface area contributed by atoms with Crippen LogP contribution in [0.25, 0.3) is 0 Å². The topological polar surface area (TPSA) is 46.5 Å². The highest BCUT2D eigenvalue weighted by atomic mass is 16.5. The molecule has 2 aliphatic carbocycles. The smallest absolute Gasteiger partial charge is 0.302 e. The molecule has 0 saturated heterocycles. The Bertz CT molecular complexity index is 315. The van der Waals surface area contributed by atoms with Crippen molar-refractivity contribution in [2.75, 3.05) is 6.61 Å². The zero-order valence-corrected chi connectivity index (χ0v) is 11.8. The van der Waals surface area contributed by atoms with Gasteiger partial charge in [-0.15, -0.1) is 0 Å². The molecule has 0 radical (unpaired) electrons. The highest BCUT2D eigenvalue weighted by Gasteiger charge is 2.52. The third-order valence-electron chi connectivity index (χ3n) is 5.40. The number of carbonyl (C=O) groups is 1. The van der Waals surface area contributed by atoms with E-state index in [1.165, 1.54) is 19.8 Å². The van der Waals surface area contributed by atoms with Gasteiger partial charge in [-0.25, -0.2) is 0 Å². The second-order valence-corrected chi connectivity index (χ2v) is 6.54. The summed E-state index contributed by atoms with van der Waals surface area (Å²) in [7, 11) is 0. The molecule has 5 atom stereocenters. The van der Waals surface area contributed by atoms with E-state index in [0.29, 0.717) is 24.4 Å². The van der Waals surface area contributed by atoms with Gasteiger partial charge < -0.3 is 9.84 Å². The SMILES string of the molecule is CC(=O)OC[C@@H](C)[C@H]1CCC2C(O)CCC[C@@]21C. The summed E-state index contributed by atoms with van der Waals surface area (Å²) in [5, 5.41) is 10.2. The van der Waals surface area contributed by atoms with Crippen LogP contribution in [0.3, 0.4) is 0 Å². The maximum atomic E-state index is 10.9. The standard InChI is InChI=1S/C15H26O3/c1-10(9-18-11(2)16)12-6-7-13-14(17)5-4-8-15(12,13)3/h10,12-14,17H,4-9H2,1-3H3/t10-,12-,13?,14?,15-/m1/s1. The van der Waals surface area contributed by atoms with Gasteiger partial charge in [0.2, 0.25) is 0 Å². The van der Waals surface area contributed by atoms with Crippen molar-refractivity contribution in [3.63, 3.8) is 0 Å². The molecule has 2 saturated carbocycles. The maximum absolute atomic E-state index is 10.9. The van der Waals surface area contributed by atoms with Gasteiger partial charge in [0.15, 0.2) is 0 Å². The fourth-order valence-corrected chi connectivity index (χ4v) is 4.49. The Hall–Kier alpha value is -0.570. The predicted octanol–water partition coefficient (Wildman–Crippen LogP) is 2.76. The van der Waals surface area contributed by atoms with Gasteiger partial charge in [-0.2, -0.15) is 0 Å². The van der Waals surface area contributed by atoms with Crippen LogP contribution < -0.4 is 0 Å². The quantitative estimate of drug-likeness (QED) is 0.788. The molecule has 18 heavy (non-hydrogen) atoms. The third-order valence-corrected chi connectivity index (χ3v) is 5.40. The number of aliphatic hydroxyl groups excluding tert-OH is 1. The van der Waals surface area contributed by atoms with Gasteiger partial charge in [0.25, 0.3) is 0 Å². The largest absolute Gasteiger partial charge is 0.466 e. The molecule has 2 aliphatic rings. The Kier molecular flexibility index (Phi) is 4.00. The third kappa shape index (κ3) is 2.42. The zero-order valence-electron chi connectivity index (χ0n) is 11.8. The number of carbonyl (C=O) groups excluding carboxylic acids is 1. The first-order valence-corrected chi connectivity index (χ1v) is 7.26. The number of aliphatic hydroxyl groups is 1. The van der Waals surface area contributed by atoms with E-state index in [2.05, 4.69) is 13.8 Å². The van der Waals surface area contributed by atoms with Gasteiger partial charge in [-0.05, 0) is 48.9 Å².